The molecular weight excluding hydrogens is 276 g/mol. The molecule has 78 valence electrons. The van der Waals surface area contributed by atoms with E-state index in [1.54, 1.807) is 10.6 Å². The van der Waals surface area contributed by atoms with E-state index >= 15 is 0 Å². The van der Waals surface area contributed by atoms with E-state index in [0.29, 0.717) is 5.41 Å². The molecule has 0 aliphatic rings. The average Bonchev–Trinajstić information content (AvgIpc) is 2.67. The van der Waals surface area contributed by atoms with Crippen molar-refractivity contribution in [1.29, 1.82) is 0 Å². The molecule has 0 nitrogen and oxygen atoms in total. The first-order valence-corrected chi connectivity index (χ1v) is 9.10. The third kappa shape index (κ3) is 3.74. The van der Waals surface area contributed by atoms with Gasteiger partial charge in [-0.3, -0.25) is 15.7 Å². The second-order valence-corrected chi connectivity index (χ2v) is 9.42. The van der Waals surface area contributed by atoms with Crippen LogP contribution in [0.3, 0.4) is 0 Å². The van der Waals surface area contributed by atoms with E-state index in [4.69, 9.17) is 0 Å². The van der Waals surface area contributed by atoms with Crippen molar-refractivity contribution >= 4 is 23.3 Å². The number of hydrogen-bond acceptors (Lipinski definition) is 0. The Labute approximate surface area is 145 Å². The molecule has 0 fully saturated rings. The second kappa shape index (κ2) is 6.60. The molecule has 0 N–H and O–H groups in total. The second-order valence-electron chi connectivity index (χ2n) is 4.60. The maximum absolute atomic E-state index is 2.31. The molecule has 1 aromatic heterocycles. The minimum absolute atomic E-state index is 0. The van der Waals surface area contributed by atoms with Gasteiger partial charge in [0, 0.05) is 0 Å². The molecule has 4 heteroatoms. The predicted molar refractivity (Wildman–Crippen MR) is 73.7 cm³/mol. The number of hydrogen-bond donors (Lipinski definition) is 0. The summed E-state index contributed by atoms with van der Waals surface area (Å²) in [6.07, 6.45) is 0. The van der Waals surface area contributed by atoms with Crippen LogP contribution in [0, 0.1) is 0 Å². The molecule has 2 rings (SSSR count). The van der Waals surface area contributed by atoms with E-state index in [0.717, 1.165) is 0 Å². The summed E-state index contributed by atoms with van der Waals surface area (Å²) < 4.78 is 0. The van der Waals surface area contributed by atoms with Crippen LogP contribution in [0.5, 0.6) is 0 Å². The summed E-state index contributed by atoms with van der Waals surface area (Å²) in [5, 5.41) is 3.16. The van der Waals surface area contributed by atoms with Gasteiger partial charge in [0.25, 0.3) is 0 Å². The minimum atomic E-state index is 0. The molecule has 1 heterocycles. The Morgan fingerprint density at radius 2 is 1.69 bits per heavy atom. The van der Waals surface area contributed by atoms with Gasteiger partial charge in [0.05, 0.1) is 0 Å². The zero-order valence-corrected chi connectivity index (χ0v) is 16.0. The molecule has 0 bridgehead atoms. The molecular formula is C12H14KP3. The van der Waals surface area contributed by atoms with Crippen LogP contribution in [0.1, 0.15) is 26.1 Å². The zero-order valence-electron chi connectivity index (χ0n) is 10.2. The van der Waals surface area contributed by atoms with Gasteiger partial charge in [-0.25, -0.2) is 7.55 Å². The van der Waals surface area contributed by atoms with Crippen molar-refractivity contribution in [1.82, 2.24) is 0 Å². The molecule has 0 aliphatic heterocycles. The largest absolute Gasteiger partial charge is 1.00 e. The summed E-state index contributed by atoms with van der Waals surface area (Å²) in [5.41, 5.74) is 1.71. The summed E-state index contributed by atoms with van der Waals surface area (Å²) in [6.45, 7) is 6.94. The van der Waals surface area contributed by atoms with Crippen molar-refractivity contribution in [3.63, 3.8) is 0 Å². The first-order valence-electron chi connectivity index (χ1n) is 5.01. The first kappa shape index (κ1) is 15.6. The summed E-state index contributed by atoms with van der Waals surface area (Å²) in [6, 6.07) is 10.8. The molecule has 0 amide bonds. The van der Waals surface area contributed by atoms with Gasteiger partial charge in [-0.15, -0.1) is 5.30 Å². The summed E-state index contributed by atoms with van der Waals surface area (Å²) in [5.74, 6) is 0. The van der Waals surface area contributed by atoms with Gasteiger partial charge in [-0.1, -0.05) is 56.4 Å². The van der Waals surface area contributed by atoms with E-state index in [-0.39, 0.29) is 51.4 Å². The summed E-state index contributed by atoms with van der Waals surface area (Å²) >= 11 is 0. The van der Waals surface area contributed by atoms with Gasteiger partial charge < -0.3 is 0 Å². The van der Waals surface area contributed by atoms with Crippen LogP contribution in [0.25, 0.3) is 10.9 Å². The minimum Gasteiger partial charge on any atom is -0.277 e. The molecule has 0 saturated heterocycles. The fraction of sp³-hybridized carbons (Fsp3) is 0.333. The van der Waals surface area contributed by atoms with Crippen molar-refractivity contribution < 1.29 is 51.4 Å². The summed E-state index contributed by atoms with van der Waals surface area (Å²) in [7, 11) is 4.47. The first-order chi connectivity index (χ1) is 7.09. The Hall–Kier alpha value is 1.50. The van der Waals surface area contributed by atoms with Crippen LogP contribution >= 0.6 is 23.3 Å². The van der Waals surface area contributed by atoms with E-state index in [1.165, 1.54) is 28.8 Å². The number of rotatable bonds is 1. The summed E-state index contributed by atoms with van der Waals surface area (Å²) in [4.78, 5) is 0. The van der Waals surface area contributed by atoms with E-state index in [1.807, 2.05) is 0 Å². The predicted octanol–water partition coefficient (Wildman–Crippen LogP) is 3.11. The normalized spacial score (nSPS) is 12.4. The van der Waals surface area contributed by atoms with E-state index < -0.39 is 0 Å². The maximum atomic E-state index is 2.31. The Kier molecular flexibility index (Phi) is 6.42. The topological polar surface area (TPSA) is 0 Å². The van der Waals surface area contributed by atoms with Crippen molar-refractivity contribution in [2.24, 2.45) is 0 Å². The third-order valence-electron chi connectivity index (χ3n) is 2.27. The molecule has 0 aliphatic carbocycles. The molecule has 0 unspecified atom stereocenters. The monoisotopic (exact) mass is 290 g/mol. The molecule has 1 aromatic carbocycles. The fourth-order valence-electron chi connectivity index (χ4n) is 1.50. The van der Waals surface area contributed by atoms with Gasteiger partial charge in [-0.05, 0) is 11.0 Å². The van der Waals surface area contributed by atoms with Crippen LogP contribution in [0.4, 0.5) is 0 Å². The van der Waals surface area contributed by atoms with Crippen LogP contribution in [-0.2, 0) is 5.41 Å². The maximum Gasteiger partial charge on any atom is 1.00 e. The standard InChI is InChI=1S/C12H14P3.K/c1-12(2,3)11-10(13-15-14-11)9-7-5-4-6-8-9;/h4-8H,1-3H3;/q-1;+1. The Balaban J connectivity index is 0.00000128. The molecule has 0 radical (unpaired) electrons. The molecule has 0 saturated carbocycles. The molecule has 0 spiro atoms. The van der Waals surface area contributed by atoms with Gasteiger partial charge in [-0.2, -0.15) is 0 Å². The third-order valence-corrected chi connectivity index (χ3v) is 7.75. The van der Waals surface area contributed by atoms with E-state index in [2.05, 4.69) is 51.1 Å². The molecule has 0 atom stereocenters. The number of benzene rings is 1. The van der Waals surface area contributed by atoms with Gasteiger partial charge in [0.2, 0.25) is 0 Å². The quantitative estimate of drug-likeness (QED) is 0.708. The van der Waals surface area contributed by atoms with Crippen molar-refractivity contribution in [3.05, 3.63) is 35.6 Å². The van der Waals surface area contributed by atoms with Gasteiger partial charge in [0.15, 0.2) is 0 Å². The Morgan fingerprint density at radius 1 is 1.06 bits per heavy atom. The van der Waals surface area contributed by atoms with Crippen molar-refractivity contribution in [2.75, 3.05) is 0 Å². The van der Waals surface area contributed by atoms with Crippen LogP contribution < -0.4 is 51.4 Å². The Bertz CT molecular complexity index is 443. The van der Waals surface area contributed by atoms with Gasteiger partial charge >= 0.3 is 51.4 Å². The van der Waals surface area contributed by atoms with Crippen LogP contribution in [-0.4, -0.2) is 0 Å². The Morgan fingerprint density at radius 3 is 2.25 bits per heavy atom. The molecule has 16 heavy (non-hydrogen) atoms. The smallest absolute Gasteiger partial charge is 0.277 e. The average molecular weight is 290 g/mol. The fourth-order valence-corrected chi connectivity index (χ4v) is 8.25. The van der Waals surface area contributed by atoms with Crippen molar-refractivity contribution in [2.45, 2.75) is 26.2 Å². The van der Waals surface area contributed by atoms with Gasteiger partial charge in [0.1, 0.15) is 0 Å². The molecule has 2 aromatic rings. The SMILES string of the molecule is CC(C)(C)c1pp[p-]c1-c1ccccc1.[K+]. The zero-order chi connectivity index (χ0) is 10.9. The van der Waals surface area contributed by atoms with Crippen molar-refractivity contribution in [3.8, 4) is 10.9 Å². The van der Waals surface area contributed by atoms with Crippen LogP contribution in [0.2, 0.25) is 0 Å². The van der Waals surface area contributed by atoms with E-state index in [9.17, 15) is 0 Å². The van der Waals surface area contributed by atoms with Crippen LogP contribution in [0.15, 0.2) is 30.3 Å².